The van der Waals surface area contributed by atoms with E-state index in [0.717, 1.165) is 34.6 Å². The Balaban J connectivity index is 1.73. The third-order valence-electron chi connectivity index (χ3n) is 4.37. The molecule has 1 aromatic carbocycles. The SMILES string of the molecule is O=C(O)C[n+]1c(C=C2Sc3ccc(Br)cc3N2CCCS(=O)(=O)[O-])sc2sccc21. The quantitative estimate of drug-likeness (QED) is 0.353. The standard InChI is InChI=1S/C18H15BrN2O5S4/c19-11-2-3-14-13(8-11)20(5-1-7-30(24,25)26)15(28-14)9-16-21(10-17(22)23)12-4-6-27-18(12)29-16/h2-4,6,8-9H,1,5,7,10H2,(H-,22,23,24,25,26). The van der Waals surface area contributed by atoms with Crippen molar-refractivity contribution < 1.29 is 27.4 Å². The van der Waals surface area contributed by atoms with E-state index in [1.807, 2.05) is 40.6 Å². The van der Waals surface area contributed by atoms with Gasteiger partial charge in [0.2, 0.25) is 12.1 Å². The summed E-state index contributed by atoms with van der Waals surface area (Å²) in [6, 6.07) is 7.76. The van der Waals surface area contributed by atoms with Crippen molar-refractivity contribution in [1.82, 2.24) is 0 Å². The number of carboxylic acids is 1. The molecule has 0 amide bonds. The van der Waals surface area contributed by atoms with Crippen LogP contribution in [0.25, 0.3) is 15.6 Å². The molecule has 4 rings (SSSR count). The minimum absolute atomic E-state index is 0.145. The summed E-state index contributed by atoms with van der Waals surface area (Å²) in [6.07, 6.45) is 2.13. The van der Waals surface area contributed by atoms with Gasteiger partial charge in [-0.2, -0.15) is 4.57 Å². The molecule has 158 valence electrons. The number of carbonyl (C=O) groups is 1. The summed E-state index contributed by atoms with van der Waals surface area (Å²) in [5.41, 5.74) is 1.80. The molecule has 1 N–H and O–H groups in total. The number of anilines is 1. The zero-order chi connectivity index (χ0) is 21.5. The monoisotopic (exact) mass is 546 g/mol. The van der Waals surface area contributed by atoms with Gasteiger partial charge >= 0.3 is 5.97 Å². The van der Waals surface area contributed by atoms with Crippen molar-refractivity contribution in [2.45, 2.75) is 17.9 Å². The number of aromatic nitrogens is 1. The summed E-state index contributed by atoms with van der Waals surface area (Å²) in [4.78, 5) is 14.4. The number of thiophene rings is 1. The highest BCUT2D eigenvalue weighted by atomic mass is 79.9. The van der Waals surface area contributed by atoms with E-state index in [9.17, 15) is 22.9 Å². The molecule has 3 aromatic rings. The van der Waals surface area contributed by atoms with E-state index in [0.29, 0.717) is 6.54 Å². The molecule has 7 nitrogen and oxygen atoms in total. The van der Waals surface area contributed by atoms with Crippen molar-refractivity contribution in [3.05, 3.63) is 44.2 Å². The first-order valence-corrected chi connectivity index (χ1v) is 13.6. The third kappa shape index (κ3) is 4.73. The molecule has 0 unspecified atom stereocenters. The molecular weight excluding hydrogens is 532 g/mol. The lowest BCUT2D eigenvalue weighted by atomic mass is 10.3. The Hall–Kier alpha value is -1.44. The van der Waals surface area contributed by atoms with Crippen LogP contribution in [0.4, 0.5) is 5.69 Å². The predicted molar refractivity (Wildman–Crippen MR) is 122 cm³/mol. The summed E-state index contributed by atoms with van der Waals surface area (Å²) in [5.74, 6) is -1.35. The molecular formula is C18H15BrN2O5S4. The van der Waals surface area contributed by atoms with Gasteiger partial charge in [0, 0.05) is 27.7 Å². The van der Waals surface area contributed by atoms with E-state index in [-0.39, 0.29) is 13.0 Å². The Morgan fingerprint density at radius 1 is 1.33 bits per heavy atom. The number of benzene rings is 1. The van der Waals surface area contributed by atoms with Gasteiger partial charge in [-0.3, -0.25) is 0 Å². The third-order valence-corrected chi connectivity index (χ3v) is 8.94. The minimum atomic E-state index is -4.29. The van der Waals surface area contributed by atoms with Crippen molar-refractivity contribution in [2.75, 3.05) is 17.2 Å². The Morgan fingerprint density at radius 3 is 2.87 bits per heavy atom. The van der Waals surface area contributed by atoms with Gasteiger partial charge in [0.1, 0.15) is 0 Å². The molecule has 0 aliphatic carbocycles. The van der Waals surface area contributed by atoms with E-state index in [1.54, 1.807) is 15.9 Å². The van der Waals surface area contributed by atoms with Gasteiger partial charge in [0.15, 0.2) is 4.01 Å². The molecule has 1 aliphatic heterocycles. The maximum Gasteiger partial charge on any atom is 0.370 e. The Bertz CT molecular complexity index is 1260. The van der Waals surface area contributed by atoms with Crippen LogP contribution >= 0.6 is 50.4 Å². The molecule has 1 aliphatic rings. The van der Waals surface area contributed by atoms with Crippen LogP contribution in [-0.2, 0) is 21.5 Å². The van der Waals surface area contributed by atoms with Crippen molar-refractivity contribution in [2.24, 2.45) is 0 Å². The number of thioether (sulfide) groups is 1. The maximum absolute atomic E-state index is 11.4. The average Bonchev–Trinajstić information content (AvgIpc) is 3.30. The van der Waals surface area contributed by atoms with Crippen LogP contribution < -0.4 is 9.47 Å². The molecule has 0 fully saturated rings. The van der Waals surface area contributed by atoms with E-state index in [2.05, 4.69) is 15.9 Å². The number of thiazole rings is 1. The first-order valence-electron chi connectivity index (χ1n) is 8.73. The first-order chi connectivity index (χ1) is 14.2. The molecule has 3 heterocycles. The summed E-state index contributed by atoms with van der Waals surface area (Å²) >= 11 is 8.08. The lowest BCUT2D eigenvalue weighted by Crippen LogP contribution is -2.39. The maximum atomic E-state index is 11.4. The number of fused-ring (bicyclic) bond motifs is 2. The van der Waals surface area contributed by atoms with Crippen LogP contribution in [0, 0.1) is 0 Å². The largest absolute Gasteiger partial charge is 0.748 e. The number of hydrogen-bond donors (Lipinski definition) is 1. The molecule has 0 saturated heterocycles. The van der Waals surface area contributed by atoms with Crippen LogP contribution in [-0.4, -0.2) is 36.3 Å². The smallest absolute Gasteiger partial charge is 0.370 e. The number of hydrogen-bond acceptors (Lipinski definition) is 8. The molecule has 0 atom stereocenters. The molecule has 0 bridgehead atoms. The zero-order valence-electron chi connectivity index (χ0n) is 15.3. The normalized spacial score (nSPS) is 15.3. The summed E-state index contributed by atoms with van der Waals surface area (Å²) in [7, 11) is -4.29. The predicted octanol–water partition coefficient (Wildman–Crippen LogP) is 3.94. The fourth-order valence-corrected chi connectivity index (χ4v) is 7.32. The van der Waals surface area contributed by atoms with Gasteiger partial charge in [-0.25, -0.2) is 13.2 Å². The molecule has 2 aromatic heterocycles. The Morgan fingerprint density at radius 2 is 2.13 bits per heavy atom. The fourth-order valence-electron chi connectivity index (χ4n) is 3.16. The molecule has 0 saturated carbocycles. The van der Waals surface area contributed by atoms with Crippen molar-refractivity contribution in [3.63, 3.8) is 0 Å². The van der Waals surface area contributed by atoms with Gasteiger partial charge in [0.05, 0.1) is 26.9 Å². The number of aliphatic carboxylic acids is 1. The van der Waals surface area contributed by atoms with Gasteiger partial charge in [0.25, 0.3) is 5.01 Å². The molecule has 0 spiro atoms. The van der Waals surface area contributed by atoms with Crippen LogP contribution in [0.5, 0.6) is 0 Å². The van der Waals surface area contributed by atoms with Crippen LogP contribution in [0.1, 0.15) is 11.4 Å². The van der Waals surface area contributed by atoms with Gasteiger partial charge in [-0.05, 0) is 30.0 Å². The highest BCUT2D eigenvalue weighted by Gasteiger charge is 2.29. The second-order valence-electron chi connectivity index (χ2n) is 6.48. The van der Waals surface area contributed by atoms with E-state index >= 15 is 0 Å². The van der Waals surface area contributed by atoms with Crippen molar-refractivity contribution in [3.8, 4) is 0 Å². The number of carboxylic acid groups (broad SMARTS) is 1. The number of rotatable bonds is 7. The molecule has 30 heavy (non-hydrogen) atoms. The molecule has 12 heteroatoms. The topological polar surface area (TPSA) is 102 Å². The Labute approximate surface area is 193 Å². The summed E-state index contributed by atoms with van der Waals surface area (Å²) in [5, 5.41) is 12.9. The lowest BCUT2D eigenvalue weighted by molar-refractivity contribution is -0.657. The van der Waals surface area contributed by atoms with E-state index < -0.39 is 21.8 Å². The first kappa shape index (κ1) is 21.8. The van der Waals surface area contributed by atoms with Crippen LogP contribution in [0.3, 0.4) is 0 Å². The minimum Gasteiger partial charge on any atom is -0.748 e. The second-order valence-corrected chi connectivity index (χ2v) is 12.2. The summed E-state index contributed by atoms with van der Waals surface area (Å²) in [6.45, 7) is 0.218. The average molecular weight is 547 g/mol. The highest BCUT2D eigenvalue weighted by molar-refractivity contribution is 9.10. The zero-order valence-corrected chi connectivity index (χ0v) is 20.1. The van der Waals surface area contributed by atoms with E-state index in [1.165, 1.54) is 23.1 Å². The lowest BCUT2D eigenvalue weighted by Gasteiger charge is -2.20. The fraction of sp³-hybridized carbons (Fsp3) is 0.222. The van der Waals surface area contributed by atoms with Crippen molar-refractivity contribution in [1.29, 1.82) is 0 Å². The second kappa shape index (κ2) is 8.60. The number of halogens is 1. The Kier molecular flexibility index (Phi) is 6.24. The van der Waals surface area contributed by atoms with Crippen molar-refractivity contribution >= 4 is 87.7 Å². The number of nitrogens with zero attached hydrogens (tertiary/aromatic N) is 2. The summed E-state index contributed by atoms with van der Waals surface area (Å²) < 4.78 is 36.8. The van der Waals surface area contributed by atoms with Gasteiger partial charge in [-0.15, -0.1) is 11.3 Å². The van der Waals surface area contributed by atoms with Crippen LogP contribution in [0.15, 0.2) is 44.0 Å². The molecule has 0 radical (unpaired) electrons. The van der Waals surface area contributed by atoms with Gasteiger partial charge in [-0.1, -0.05) is 39.0 Å². The van der Waals surface area contributed by atoms with E-state index in [4.69, 9.17) is 0 Å². The van der Waals surface area contributed by atoms with Crippen LogP contribution in [0.2, 0.25) is 0 Å². The van der Waals surface area contributed by atoms with Gasteiger partial charge < -0.3 is 14.6 Å². The highest BCUT2D eigenvalue weighted by Crippen LogP contribution is 2.48.